The quantitative estimate of drug-likeness (QED) is 0.696. The molecule has 0 aliphatic rings. The number of hydroxylamine groups is 1. The van der Waals surface area contributed by atoms with Crippen molar-refractivity contribution in [2.45, 2.75) is 40.0 Å². The van der Waals surface area contributed by atoms with Crippen LogP contribution in [0.4, 0.5) is 0 Å². The van der Waals surface area contributed by atoms with Gasteiger partial charge >= 0.3 is 11.9 Å². The fourth-order valence-electron chi connectivity index (χ4n) is 2.15. The number of hydrogen-bond donors (Lipinski definition) is 2. The van der Waals surface area contributed by atoms with Crippen molar-refractivity contribution in [2.75, 3.05) is 0 Å². The lowest BCUT2D eigenvalue weighted by molar-refractivity contribution is -0.161. The third-order valence-electron chi connectivity index (χ3n) is 3.69. The van der Waals surface area contributed by atoms with Crippen LogP contribution in [0, 0.1) is 11.8 Å². The Bertz CT molecular complexity index is 653. The van der Waals surface area contributed by atoms with E-state index in [1.165, 1.54) is 19.1 Å². The Balaban J connectivity index is 2.59. The standard InChI is InChI=1S/C18H23NO6/c1-11(2)18(24)25-19-16(21)8-7-14(12(3)20)9-13-5-4-6-15(10-13)17(22)23/h4-6,10-11,14H,7-9H2,1-3H3,(H,19,21)(H,22,23). The Kier molecular flexibility index (Phi) is 7.78. The molecule has 0 saturated carbocycles. The third-order valence-corrected chi connectivity index (χ3v) is 3.69. The third kappa shape index (κ3) is 7.15. The van der Waals surface area contributed by atoms with Gasteiger partial charge in [0.1, 0.15) is 5.78 Å². The first-order valence-corrected chi connectivity index (χ1v) is 8.03. The van der Waals surface area contributed by atoms with Gasteiger partial charge in [-0.25, -0.2) is 9.59 Å². The second-order valence-corrected chi connectivity index (χ2v) is 6.16. The average molecular weight is 349 g/mol. The van der Waals surface area contributed by atoms with Gasteiger partial charge in [0.15, 0.2) is 0 Å². The van der Waals surface area contributed by atoms with Gasteiger partial charge in [0.25, 0.3) is 5.91 Å². The zero-order valence-corrected chi connectivity index (χ0v) is 14.6. The van der Waals surface area contributed by atoms with Gasteiger partial charge in [-0.2, -0.15) is 5.48 Å². The minimum absolute atomic E-state index is 0.0221. The van der Waals surface area contributed by atoms with Crippen LogP contribution in [0.3, 0.4) is 0 Å². The summed E-state index contributed by atoms with van der Waals surface area (Å²) in [6, 6.07) is 6.36. The van der Waals surface area contributed by atoms with E-state index < -0.39 is 23.8 Å². The van der Waals surface area contributed by atoms with Gasteiger partial charge in [-0.3, -0.25) is 9.59 Å². The lowest BCUT2D eigenvalue weighted by atomic mass is 9.91. The fraction of sp³-hybridized carbons (Fsp3) is 0.444. The van der Waals surface area contributed by atoms with Crippen LogP contribution in [0.5, 0.6) is 0 Å². The summed E-state index contributed by atoms with van der Waals surface area (Å²) < 4.78 is 0. The van der Waals surface area contributed by atoms with E-state index in [9.17, 15) is 19.2 Å². The number of amides is 1. The molecule has 0 saturated heterocycles. The normalized spacial score (nSPS) is 11.7. The second-order valence-electron chi connectivity index (χ2n) is 6.16. The number of nitrogens with one attached hydrogen (secondary N) is 1. The molecule has 0 aromatic heterocycles. The molecular weight excluding hydrogens is 326 g/mol. The molecule has 1 unspecified atom stereocenters. The maximum Gasteiger partial charge on any atom is 0.335 e. The molecule has 0 aliphatic carbocycles. The monoisotopic (exact) mass is 349 g/mol. The molecule has 25 heavy (non-hydrogen) atoms. The number of benzene rings is 1. The number of hydrogen-bond acceptors (Lipinski definition) is 5. The van der Waals surface area contributed by atoms with E-state index in [1.807, 2.05) is 0 Å². The largest absolute Gasteiger partial charge is 0.478 e. The van der Waals surface area contributed by atoms with Gasteiger partial charge < -0.3 is 9.94 Å². The first kappa shape index (κ1) is 20.3. The van der Waals surface area contributed by atoms with Crippen LogP contribution in [-0.4, -0.2) is 28.7 Å². The van der Waals surface area contributed by atoms with Crippen molar-refractivity contribution in [1.82, 2.24) is 5.48 Å². The summed E-state index contributed by atoms with van der Waals surface area (Å²) in [6.45, 7) is 4.72. The van der Waals surface area contributed by atoms with Gasteiger partial charge in [-0.1, -0.05) is 26.0 Å². The topological polar surface area (TPSA) is 110 Å². The van der Waals surface area contributed by atoms with Crippen molar-refractivity contribution in [3.63, 3.8) is 0 Å². The van der Waals surface area contributed by atoms with Crippen LogP contribution in [0.25, 0.3) is 0 Å². The highest BCUT2D eigenvalue weighted by atomic mass is 16.7. The highest BCUT2D eigenvalue weighted by Crippen LogP contribution is 2.17. The summed E-state index contributed by atoms with van der Waals surface area (Å²) in [6.07, 6.45) is 0.640. The van der Waals surface area contributed by atoms with E-state index in [2.05, 4.69) is 10.3 Å². The van der Waals surface area contributed by atoms with Crippen LogP contribution in [0.1, 0.15) is 49.5 Å². The van der Waals surface area contributed by atoms with Gasteiger partial charge in [0, 0.05) is 12.3 Å². The average Bonchev–Trinajstić information content (AvgIpc) is 2.56. The molecule has 1 amide bonds. The van der Waals surface area contributed by atoms with Crippen molar-refractivity contribution in [3.05, 3.63) is 35.4 Å². The molecule has 1 aromatic rings. The molecule has 0 fully saturated rings. The van der Waals surface area contributed by atoms with Gasteiger partial charge in [0.05, 0.1) is 11.5 Å². The Hall–Kier alpha value is -2.70. The van der Waals surface area contributed by atoms with Crippen molar-refractivity contribution in [1.29, 1.82) is 0 Å². The molecule has 136 valence electrons. The maximum absolute atomic E-state index is 11.8. The van der Waals surface area contributed by atoms with Crippen LogP contribution in [0.15, 0.2) is 24.3 Å². The van der Waals surface area contributed by atoms with E-state index in [1.54, 1.807) is 26.0 Å². The van der Waals surface area contributed by atoms with Crippen LogP contribution in [0.2, 0.25) is 0 Å². The zero-order valence-electron chi connectivity index (χ0n) is 14.6. The minimum Gasteiger partial charge on any atom is -0.478 e. The van der Waals surface area contributed by atoms with Gasteiger partial charge in [-0.15, -0.1) is 0 Å². The van der Waals surface area contributed by atoms with Crippen molar-refractivity contribution in [2.24, 2.45) is 11.8 Å². The fourth-order valence-corrected chi connectivity index (χ4v) is 2.15. The van der Waals surface area contributed by atoms with Gasteiger partial charge in [0.2, 0.25) is 0 Å². The van der Waals surface area contributed by atoms with Crippen LogP contribution >= 0.6 is 0 Å². The summed E-state index contributed by atoms with van der Waals surface area (Å²) in [4.78, 5) is 50.4. The highest BCUT2D eigenvalue weighted by Gasteiger charge is 2.18. The molecule has 0 heterocycles. The molecule has 0 aliphatic heterocycles. The number of carboxylic acid groups (broad SMARTS) is 1. The zero-order chi connectivity index (χ0) is 19.0. The summed E-state index contributed by atoms with van der Waals surface area (Å²) in [7, 11) is 0. The molecule has 1 atom stereocenters. The van der Waals surface area contributed by atoms with E-state index in [0.717, 1.165) is 0 Å². The molecule has 1 rings (SSSR count). The van der Waals surface area contributed by atoms with Crippen molar-refractivity contribution < 1.29 is 29.1 Å². The number of carbonyl (C=O) groups is 4. The smallest absolute Gasteiger partial charge is 0.335 e. The molecule has 1 aromatic carbocycles. The molecule has 2 N–H and O–H groups in total. The molecule has 0 bridgehead atoms. The molecular formula is C18H23NO6. The predicted octanol–water partition coefficient (Wildman–Crippen LogP) is 2.14. The Morgan fingerprint density at radius 3 is 2.44 bits per heavy atom. The second kappa shape index (κ2) is 9.56. The molecule has 7 heteroatoms. The Morgan fingerprint density at radius 2 is 1.88 bits per heavy atom. The van der Waals surface area contributed by atoms with E-state index in [-0.39, 0.29) is 30.1 Å². The SMILES string of the molecule is CC(=O)C(CCC(=O)NOC(=O)C(C)C)Cc1cccc(C(=O)O)c1. The first-order valence-electron chi connectivity index (χ1n) is 8.03. The van der Waals surface area contributed by atoms with Crippen LogP contribution < -0.4 is 5.48 Å². The van der Waals surface area contributed by atoms with Crippen LogP contribution in [-0.2, 0) is 25.6 Å². The minimum atomic E-state index is -1.03. The number of carboxylic acids is 1. The number of Topliss-reactive ketones (excluding diaryl/α,β-unsaturated/α-hetero) is 1. The molecule has 0 radical (unpaired) electrons. The molecule has 0 spiro atoms. The number of carbonyl (C=O) groups excluding carboxylic acids is 3. The molecule has 7 nitrogen and oxygen atoms in total. The lowest BCUT2D eigenvalue weighted by Crippen LogP contribution is -2.29. The highest BCUT2D eigenvalue weighted by molar-refractivity contribution is 5.87. The first-order chi connectivity index (χ1) is 11.7. The summed E-state index contributed by atoms with van der Waals surface area (Å²) in [5.41, 5.74) is 2.93. The Morgan fingerprint density at radius 1 is 1.20 bits per heavy atom. The van der Waals surface area contributed by atoms with Crippen molar-refractivity contribution in [3.8, 4) is 0 Å². The summed E-state index contributed by atoms with van der Waals surface area (Å²) >= 11 is 0. The number of aromatic carboxylic acids is 1. The van der Waals surface area contributed by atoms with E-state index >= 15 is 0 Å². The lowest BCUT2D eigenvalue weighted by Gasteiger charge is -2.14. The van der Waals surface area contributed by atoms with E-state index in [0.29, 0.717) is 12.0 Å². The number of ketones is 1. The summed E-state index contributed by atoms with van der Waals surface area (Å²) in [5.74, 6) is -2.93. The summed E-state index contributed by atoms with van der Waals surface area (Å²) in [5, 5.41) is 9.01. The Labute approximate surface area is 146 Å². The van der Waals surface area contributed by atoms with Gasteiger partial charge in [-0.05, 0) is 37.5 Å². The van der Waals surface area contributed by atoms with E-state index in [4.69, 9.17) is 5.11 Å². The number of rotatable bonds is 8. The predicted molar refractivity (Wildman–Crippen MR) is 89.6 cm³/mol. The maximum atomic E-state index is 11.8. The van der Waals surface area contributed by atoms with Crippen molar-refractivity contribution >= 4 is 23.6 Å².